The zero-order valence-electron chi connectivity index (χ0n) is 21.6. The Morgan fingerprint density at radius 3 is 2.63 bits per heavy atom. The first-order valence-corrected chi connectivity index (χ1v) is 13.3. The second kappa shape index (κ2) is 9.62. The molecule has 1 aliphatic carbocycles. The summed E-state index contributed by atoms with van der Waals surface area (Å²) < 4.78 is 0. The molecule has 3 aromatic rings. The fourth-order valence-electron chi connectivity index (χ4n) is 5.88. The van der Waals surface area contributed by atoms with Crippen molar-refractivity contribution >= 4 is 22.7 Å². The van der Waals surface area contributed by atoms with Crippen molar-refractivity contribution in [1.82, 2.24) is 4.90 Å². The van der Waals surface area contributed by atoms with Gasteiger partial charge in [-0.25, -0.2) is 0 Å². The third-order valence-corrected chi connectivity index (χ3v) is 7.98. The molecule has 1 fully saturated rings. The van der Waals surface area contributed by atoms with E-state index in [1.54, 1.807) is 11.1 Å². The monoisotopic (exact) mass is 465 g/mol. The Kier molecular flexibility index (Phi) is 6.55. The van der Waals surface area contributed by atoms with Gasteiger partial charge in [-0.05, 0) is 88.7 Å². The van der Waals surface area contributed by atoms with Gasteiger partial charge in [-0.1, -0.05) is 81.8 Å². The number of rotatable bonds is 7. The number of nitrogen functional groups attached to an aromatic ring is 1. The lowest BCUT2D eigenvalue weighted by molar-refractivity contribution is 0.218. The van der Waals surface area contributed by atoms with Crippen LogP contribution in [0.5, 0.6) is 0 Å². The molecule has 182 valence electrons. The van der Waals surface area contributed by atoms with Crippen LogP contribution < -0.4 is 5.73 Å². The van der Waals surface area contributed by atoms with E-state index in [2.05, 4.69) is 87.3 Å². The third-order valence-electron chi connectivity index (χ3n) is 7.98. The van der Waals surface area contributed by atoms with Crippen LogP contribution in [0.15, 0.2) is 54.6 Å². The highest BCUT2D eigenvalue weighted by atomic mass is 15.1. The summed E-state index contributed by atoms with van der Waals surface area (Å²) in [5, 5.41) is 10.3. The van der Waals surface area contributed by atoms with Crippen LogP contribution >= 0.6 is 0 Å². The topological polar surface area (TPSA) is 53.1 Å². The molecule has 0 radical (unpaired) electrons. The maximum Gasteiger partial charge on any atom is 0.122 e. The van der Waals surface area contributed by atoms with Crippen molar-refractivity contribution in [2.24, 2.45) is 11.7 Å². The average molecular weight is 466 g/mol. The van der Waals surface area contributed by atoms with E-state index in [-0.39, 0.29) is 5.84 Å². The van der Waals surface area contributed by atoms with E-state index in [4.69, 9.17) is 11.1 Å². The summed E-state index contributed by atoms with van der Waals surface area (Å²) in [6, 6.07) is 18.8. The molecule has 3 unspecified atom stereocenters. The first-order chi connectivity index (χ1) is 16.9. The first kappa shape index (κ1) is 23.8. The molecule has 1 aliphatic heterocycles. The molecule has 3 heteroatoms. The highest BCUT2D eigenvalue weighted by Gasteiger charge is 2.40. The van der Waals surface area contributed by atoms with Gasteiger partial charge < -0.3 is 5.73 Å². The lowest BCUT2D eigenvalue weighted by Gasteiger charge is -2.35. The van der Waals surface area contributed by atoms with Gasteiger partial charge in [0, 0.05) is 18.2 Å². The second-order valence-electron chi connectivity index (χ2n) is 11.0. The van der Waals surface area contributed by atoms with Crippen LogP contribution in [-0.2, 0) is 6.42 Å². The summed E-state index contributed by atoms with van der Waals surface area (Å²) in [6.45, 7) is 7.88. The molecule has 0 amide bonds. The van der Waals surface area contributed by atoms with Crippen molar-refractivity contribution in [2.45, 2.75) is 64.3 Å². The second-order valence-corrected chi connectivity index (χ2v) is 11.0. The van der Waals surface area contributed by atoms with Crippen molar-refractivity contribution < 1.29 is 0 Å². The van der Waals surface area contributed by atoms with Crippen LogP contribution in [0, 0.1) is 11.3 Å². The van der Waals surface area contributed by atoms with Gasteiger partial charge in [0.2, 0.25) is 0 Å². The van der Waals surface area contributed by atoms with Gasteiger partial charge in [0.05, 0.1) is 0 Å². The van der Waals surface area contributed by atoms with Gasteiger partial charge in [-0.15, -0.1) is 0 Å². The minimum atomic E-state index is 0.122. The number of likely N-dealkylation sites (N-methyl/N-ethyl adjacent to an activating group) is 1. The largest absolute Gasteiger partial charge is 0.384 e. The summed E-state index contributed by atoms with van der Waals surface area (Å²) in [7, 11) is 2.29. The standard InChI is InChI=1S/C32H39N3/c1-5-6-31-30-17-24(10-9-21(30)13-14-35(31)4)28-19-29(28)26-15-22(8-7-20(2)3)27-18-25(32(33)34)12-11-23(27)16-26/h7-12,15-18,20,28-29,31H,5-6,13-14,19H2,1-4H3,(H3,33,34)/b8-7+. The highest BCUT2D eigenvalue weighted by Crippen LogP contribution is 2.56. The molecule has 3 nitrogen and oxygen atoms in total. The molecule has 0 spiro atoms. The molecular weight excluding hydrogens is 426 g/mol. The van der Waals surface area contributed by atoms with Crippen LogP contribution in [0.25, 0.3) is 16.8 Å². The molecule has 2 aliphatic rings. The predicted molar refractivity (Wildman–Crippen MR) is 149 cm³/mol. The number of hydrogen-bond donors (Lipinski definition) is 2. The molecule has 0 bridgehead atoms. The summed E-state index contributed by atoms with van der Waals surface area (Å²) in [5.41, 5.74) is 13.9. The molecule has 5 rings (SSSR count). The van der Waals surface area contributed by atoms with Gasteiger partial charge in [-0.3, -0.25) is 10.3 Å². The first-order valence-electron chi connectivity index (χ1n) is 13.3. The maximum absolute atomic E-state index is 7.87. The van der Waals surface area contributed by atoms with E-state index in [0.29, 0.717) is 23.8 Å². The van der Waals surface area contributed by atoms with Gasteiger partial charge in [-0.2, -0.15) is 0 Å². The van der Waals surface area contributed by atoms with Gasteiger partial charge in [0.1, 0.15) is 5.84 Å². The molecule has 1 saturated carbocycles. The Balaban J connectivity index is 1.48. The Morgan fingerprint density at radius 2 is 1.89 bits per heavy atom. The zero-order chi connectivity index (χ0) is 24.7. The van der Waals surface area contributed by atoms with E-state index < -0.39 is 0 Å². The van der Waals surface area contributed by atoms with E-state index in [1.165, 1.54) is 53.1 Å². The number of nitrogens with one attached hydrogen (secondary N) is 1. The Morgan fingerprint density at radius 1 is 1.09 bits per heavy atom. The van der Waals surface area contributed by atoms with Crippen molar-refractivity contribution in [3.05, 3.63) is 88.0 Å². The lowest BCUT2D eigenvalue weighted by atomic mass is 9.88. The summed E-state index contributed by atoms with van der Waals surface area (Å²) in [5.74, 6) is 1.78. The highest BCUT2D eigenvalue weighted by molar-refractivity contribution is 6.01. The van der Waals surface area contributed by atoms with E-state index in [1.807, 2.05) is 6.07 Å². The van der Waals surface area contributed by atoms with Crippen molar-refractivity contribution in [3.8, 4) is 0 Å². The molecule has 1 heterocycles. The molecule has 0 saturated heterocycles. The number of hydrogen-bond acceptors (Lipinski definition) is 2. The van der Waals surface area contributed by atoms with Crippen LogP contribution in [0.1, 0.15) is 91.3 Å². The number of nitrogens with zero attached hydrogens (tertiary/aromatic N) is 1. The summed E-state index contributed by atoms with van der Waals surface area (Å²) in [4.78, 5) is 2.55. The number of benzene rings is 3. The molecular formula is C32H39N3. The Hall–Kier alpha value is -2.91. The molecule has 3 aromatic carbocycles. The number of allylic oxidation sites excluding steroid dienone is 1. The Bertz CT molecular complexity index is 1290. The average Bonchev–Trinajstić information content (AvgIpc) is 3.64. The van der Waals surface area contributed by atoms with Crippen molar-refractivity contribution in [1.29, 1.82) is 5.41 Å². The normalized spacial score (nSPS) is 22.1. The predicted octanol–water partition coefficient (Wildman–Crippen LogP) is 7.39. The maximum atomic E-state index is 7.87. The van der Waals surface area contributed by atoms with Crippen molar-refractivity contribution in [2.75, 3.05) is 13.6 Å². The SMILES string of the molecule is CCCC1c2cc(C3CC3c3cc(/C=C/C(C)C)c4cc(C(=N)N)ccc4c3)ccc2CCN1C. The van der Waals surface area contributed by atoms with Crippen molar-refractivity contribution in [3.63, 3.8) is 0 Å². The quantitative estimate of drug-likeness (QED) is 0.282. The van der Waals surface area contributed by atoms with Crippen LogP contribution in [0.3, 0.4) is 0 Å². The molecule has 3 atom stereocenters. The third kappa shape index (κ3) is 4.79. The minimum Gasteiger partial charge on any atom is -0.384 e. The molecule has 0 aromatic heterocycles. The van der Waals surface area contributed by atoms with Crippen LogP contribution in [0.4, 0.5) is 0 Å². The van der Waals surface area contributed by atoms with E-state index >= 15 is 0 Å². The van der Waals surface area contributed by atoms with Gasteiger partial charge in [0.25, 0.3) is 0 Å². The summed E-state index contributed by atoms with van der Waals surface area (Å²) >= 11 is 0. The lowest BCUT2D eigenvalue weighted by Crippen LogP contribution is -2.32. The van der Waals surface area contributed by atoms with E-state index in [0.717, 1.165) is 12.1 Å². The van der Waals surface area contributed by atoms with Gasteiger partial charge in [0.15, 0.2) is 0 Å². The number of amidine groups is 1. The smallest absolute Gasteiger partial charge is 0.122 e. The Labute approximate surface area is 210 Å². The molecule has 35 heavy (non-hydrogen) atoms. The fraction of sp³-hybridized carbons (Fsp3) is 0.406. The number of fused-ring (bicyclic) bond motifs is 2. The zero-order valence-corrected chi connectivity index (χ0v) is 21.6. The van der Waals surface area contributed by atoms with Crippen LogP contribution in [-0.4, -0.2) is 24.3 Å². The number of nitrogens with two attached hydrogens (primary N) is 1. The van der Waals surface area contributed by atoms with E-state index in [9.17, 15) is 0 Å². The van der Waals surface area contributed by atoms with Crippen LogP contribution in [0.2, 0.25) is 0 Å². The van der Waals surface area contributed by atoms with Gasteiger partial charge >= 0.3 is 0 Å². The molecule has 3 N–H and O–H groups in total. The fourth-order valence-corrected chi connectivity index (χ4v) is 5.88. The summed E-state index contributed by atoms with van der Waals surface area (Å²) in [6.07, 6.45) is 9.36. The minimum absolute atomic E-state index is 0.122.